The molecule has 608 valence electrons. The van der Waals surface area contributed by atoms with Crippen LogP contribution in [0.5, 0.6) is 0 Å². The van der Waals surface area contributed by atoms with Crippen LogP contribution in [0.4, 0.5) is 0 Å². The van der Waals surface area contributed by atoms with Crippen molar-refractivity contribution in [1.82, 2.24) is 26.2 Å². The summed E-state index contributed by atoms with van der Waals surface area (Å²) in [5, 5.41) is 130. The minimum Gasteiger partial charge on any atom is -0.394 e. The summed E-state index contributed by atoms with van der Waals surface area (Å²) >= 11 is 0. The summed E-state index contributed by atoms with van der Waals surface area (Å²) in [7, 11) is 1.58. The molecule has 0 aromatic carbocycles. The molecule has 4 heterocycles. The van der Waals surface area contributed by atoms with E-state index in [1.165, 1.54) is 0 Å². The molecule has 5 amide bonds. The van der Waals surface area contributed by atoms with Crippen molar-refractivity contribution >= 4 is 29.5 Å². The number of carbonyl (C=O) groups is 5. The van der Waals surface area contributed by atoms with Crippen LogP contribution in [0.15, 0.2) is 0 Å². The van der Waals surface area contributed by atoms with Gasteiger partial charge in [-0.1, -0.05) is 38.5 Å². The van der Waals surface area contributed by atoms with Gasteiger partial charge in [-0.2, -0.15) is 0 Å². The van der Waals surface area contributed by atoms with E-state index >= 15 is 0 Å². The first-order chi connectivity index (χ1) is 50.2. The largest absolute Gasteiger partial charge is 0.394 e. The Bertz CT molecular complexity index is 2190. The SMILES string of the molecule is COC[C@@H]1C[C@@H](O)CN1C(=O)CCCCCCCCCCC(=O)NC(COCCC(=O)NCCOCCOCCO[C@H]1OC(CO)[C@@H](O)[C@H](O)C1O)(COCCC(=O)NCCOCCOCCO[C@H]1OC(CO)[C@@H](O)[C@H](O)C1O)COCCC(=O)NCCOCCOCCO[C@H]1OC[C@H](O)[C@H](O)C1O. The van der Waals surface area contributed by atoms with Gasteiger partial charge >= 0.3 is 0 Å². The van der Waals surface area contributed by atoms with Gasteiger partial charge in [-0.3, -0.25) is 24.0 Å². The number of unbranched alkanes of at least 4 members (excludes halogenated alkanes) is 7. The minimum absolute atomic E-state index is 0.0239. The number of hydrogen-bond acceptors (Lipinski definition) is 33. The fraction of sp³-hybridized carbons (Fsp3) is 0.924. The lowest BCUT2D eigenvalue weighted by Gasteiger charge is -2.39. The number of nitrogens with one attached hydrogen (secondary N) is 4. The second-order valence-electron chi connectivity index (χ2n) is 25.6. The highest BCUT2D eigenvalue weighted by Crippen LogP contribution is 2.25. The number of hydrogen-bond donors (Lipinski definition) is 16. The Morgan fingerprint density at radius 2 is 0.788 bits per heavy atom. The number of amides is 5. The molecule has 5 unspecified atom stereocenters. The third-order valence-corrected chi connectivity index (χ3v) is 17.1. The fourth-order valence-electron chi connectivity index (χ4n) is 11.2. The lowest BCUT2D eigenvalue weighted by molar-refractivity contribution is -0.302. The van der Waals surface area contributed by atoms with Crippen LogP contribution >= 0.6 is 0 Å². The predicted molar refractivity (Wildman–Crippen MR) is 358 cm³/mol. The molecule has 4 saturated heterocycles. The first kappa shape index (κ1) is 92.6. The van der Waals surface area contributed by atoms with Gasteiger partial charge in [-0.25, -0.2) is 0 Å². The number of likely N-dealkylation sites (tertiary alicyclic amines) is 1. The smallest absolute Gasteiger partial charge is 0.222 e. The van der Waals surface area contributed by atoms with Crippen molar-refractivity contribution in [1.29, 1.82) is 0 Å². The third kappa shape index (κ3) is 37.6. The molecule has 0 saturated carbocycles. The molecular formula is C66H121N5O33. The Morgan fingerprint density at radius 3 is 1.20 bits per heavy atom. The molecule has 38 heteroatoms. The van der Waals surface area contributed by atoms with Crippen LogP contribution in [0.25, 0.3) is 0 Å². The van der Waals surface area contributed by atoms with Gasteiger partial charge in [0, 0.05) is 65.4 Å². The normalized spacial score (nSPS) is 27.0. The molecule has 4 fully saturated rings. The summed E-state index contributed by atoms with van der Waals surface area (Å²) in [6.07, 6.45) is -12.3. The van der Waals surface area contributed by atoms with Crippen LogP contribution in [-0.4, -0.2) is 398 Å². The Balaban J connectivity index is 1.24. The van der Waals surface area contributed by atoms with Gasteiger partial charge in [0.15, 0.2) is 18.9 Å². The first-order valence-corrected chi connectivity index (χ1v) is 36.1. The maximum absolute atomic E-state index is 13.9. The lowest BCUT2D eigenvalue weighted by Crippen LogP contribution is -2.59. The van der Waals surface area contributed by atoms with E-state index in [1.807, 2.05) is 0 Å². The molecule has 4 aliphatic rings. The molecule has 0 aliphatic carbocycles. The second kappa shape index (κ2) is 55.6. The van der Waals surface area contributed by atoms with Crippen LogP contribution in [0.1, 0.15) is 89.9 Å². The maximum Gasteiger partial charge on any atom is 0.222 e. The number of nitrogens with zero attached hydrogens (tertiary/aromatic N) is 1. The van der Waals surface area contributed by atoms with E-state index in [0.717, 1.165) is 44.9 Å². The summed E-state index contributed by atoms with van der Waals surface area (Å²) in [4.78, 5) is 67.3. The van der Waals surface area contributed by atoms with E-state index in [0.29, 0.717) is 32.4 Å². The monoisotopic (exact) mass is 1510 g/mol. The third-order valence-electron chi connectivity index (χ3n) is 17.1. The van der Waals surface area contributed by atoms with Crippen molar-refractivity contribution in [3.05, 3.63) is 0 Å². The highest BCUT2D eigenvalue weighted by atomic mass is 16.7. The van der Waals surface area contributed by atoms with E-state index in [1.54, 1.807) is 12.0 Å². The standard InChI is InChI=1S/C66H121N5O33/c1-89-40-45-36-46(74)37-71(45)54(80)11-9-7-5-3-2-4-6-8-10-53(79)70-66(42-96-18-12-50(76)67-15-21-90-24-27-93-30-33-99-63-60(86)55(81)47(75)41-102-63,43-97-19-13-51(77)68-16-22-91-25-28-94-31-34-100-64-61(87)58(84)56(82)48(38-72)103-64)44-98-20-14-52(78)69-17-23-92-26-29-95-32-35-101-65-62(88)59(85)57(83)49(39-73)104-65/h45-49,55-65,72-75,81-88H,2-44H2,1H3,(H,67,76)(H,68,77)(H,69,78)(H,70,79)/t45-,46+,47-,48?,49?,55-,56+,57+,58-,59-,60?,61?,62?,63-,64-,65-,66?/m0/s1. The molecule has 16 N–H and O–H groups in total. The van der Waals surface area contributed by atoms with Crippen LogP contribution in [0.3, 0.4) is 0 Å². The van der Waals surface area contributed by atoms with Crippen LogP contribution in [-0.2, 0) is 99.8 Å². The summed E-state index contributed by atoms with van der Waals surface area (Å²) < 4.78 is 88.5. The van der Waals surface area contributed by atoms with Crippen molar-refractivity contribution in [2.24, 2.45) is 0 Å². The van der Waals surface area contributed by atoms with Gasteiger partial charge in [-0.05, 0) is 19.3 Å². The number of ether oxygens (including phenoxy) is 16. The summed E-state index contributed by atoms with van der Waals surface area (Å²) in [5.74, 6) is -1.41. The number of aliphatic hydroxyl groups is 12. The zero-order valence-electron chi connectivity index (χ0n) is 60.0. The molecule has 0 aromatic rings. The Morgan fingerprint density at radius 1 is 0.413 bits per heavy atom. The van der Waals surface area contributed by atoms with Crippen molar-refractivity contribution in [2.75, 3.05) is 198 Å². The van der Waals surface area contributed by atoms with E-state index in [-0.39, 0.29) is 226 Å². The zero-order chi connectivity index (χ0) is 75.7. The molecule has 0 aromatic heterocycles. The van der Waals surface area contributed by atoms with Crippen molar-refractivity contribution in [2.45, 2.75) is 194 Å². The minimum atomic E-state index is -1.57. The van der Waals surface area contributed by atoms with Crippen molar-refractivity contribution in [3.8, 4) is 0 Å². The molecule has 16 atom stereocenters. The molecule has 38 nitrogen and oxygen atoms in total. The molecule has 0 bridgehead atoms. The molecule has 0 spiro atoms. The van der Waals surface area contributed by atoms with Gasteiger partial charge in [0.1, 0.15) is 72.7 Å². The topological polar surface area (TPSA) is 527 Å². The molecule has 104 heavy (non-hydrogen) atoms. The van der Waals surface area contributed by atoms with Gasteiger partial charge in [-0.15, -0.1) is 0 Å². The van der Waals surface area contributed by atoms with Crippen molar-refractivity contribution in [3.63, 3.8) is 0 Å². The van der Waals surface area contributed by atoms with Crippen LogP contribution < -0.4 is 21.3 Å². The maximum atomic E-state index is 13.9. The molecule has 0 radical (unpaired) electrons. The number of methoxy groups -OCH3 is 1. The molecule has 4 rings (SSSR count). The zero-order valence-corrected chi connectivity index (χ0v) is 60.0. The number of rotatable bonds is 61. The summed E-state index contributed by atoms with van der Waals surface area (Å²) in [6, 6.07) is -0.114. The highest BCUT2D eigenvalue weighted by molar-refractivity contribution is 5.78. The lowest BCUT2D eigenvalue weighted by atomic mass is 9.99. The van der Waals surface area contributed by atoms with E-state index in [2.05, 4.69) is 21.3 Å². The number of β-amino-alcohol motifs (C(OH)–C–C–N with tert-alkyl or cyclic N) is 1. The predicted octanol–water partition coefficient (Wildman–Crippen LogP) is -6.89. The molecular weight excluding hydrogens is 1390 g/mol. The average molecular weight is 1510 g/mol. The van der Waals surface area contributed by atoms with Crippen LogP contribution in [0.2, 0.25) is 0 Å². The Hall–Kier alpha value is -3.77. The van der Waals surface area contributed by atoms with Crippen molar-refractivity contribution < 1.29 is 161 Å². The summed E-state index contributed by atoms with van der Waals surface area (Å²) in [5.41, 5.74) is -1.38. The van der Waals surface area contributed by atoms with Gasteiger partial charge in [0.05, 0.1) is 177 Å². The fourth-order valence-corrected chi connectivity index (χ4v) is 11.2. The number of carbonyl (C=O) groups excluding carboxylic acids is 5. The van der Waals surface area contributed by atoms with Crippen LogP contribution in [0, 0.1) is 0 Å². The number of aliphatic hydroxyl groups excluding tert-OH is 12. The quantitative estimate of drug-likeness (QED) is 0.0252. The Labute approximate surface area is 607 Å². The van der Waals surface area contributed by atoms with Gasteiger partial charge in [0.25, 0.3) is 0 Å². The van der Waals surface area contributed by atoms with E-state index < -0.39 is 111 Å². The average Bonchev–Trinajstić information content (AvgIpc) is 0.872. The Kier molecular flexibility index (Phi) is 49.5. The highest BCUT2D eigenvalue weighted by Gasteiger charge is 2.46. The summed E-state index contributed by atoms with van der Waals surface area (Å²) in [6.45, 7) is 0.552. The second-order valence-corrected chi connectivity index (χ2v) is 25.6. The van der Waals surface area contributed by atoms with E-state index in [4.69, 9.17) is 75.8 Å². The molecule has 4 aliphatic heterocycles. The van der Waals surface area contributed by atoms with E-state index in [9.17, 15) is 85.3 Å². The first-order valence-electron chi connectivity index (χ1n) is 36.1. The van der Waals surface area contributed by atoms with Gasteiger partial charge in [0.2, 0.25) is 29.5 Å². The van der Waals surface area contributed by atoms with Gasteiger partial charge < -0.3 is 163 Å².